The minimum absolute atomic E-state index is 0.315. The van der Waals surface area contributed by atoms with Crippen LogP contribution in [0.4, 0.5) is 0 Å². The number of nitriles is 1. The minimum atomic E-state index is -0.315. The lowest BCUT2D eigenvalue weighted by molar-refractivity contribution is 0.231. The van der Waals surface area contributed by atoms with Crippen LogP contribution in [0.1, 0.15) is 60.3 Å². The molecule has 0 aromatic rings. The van der Waals surface area contributed by atoms with Gasteiger partial charge < -0.3 is 4.90 Å². The molecular formula is C16H33N3. The van der Waals surface area contributed by atoms with E-state index in [-0.39, 0.29) is 5.54 Å². The van der Waals surface area contributed by atoms with Gasteiger partial charge in [0.15, 0.2) is 0 Å². The van der Waals surface area contributed by atoms with Crippen molar-refractivity contribution in [2.24, 2.45) is 5.92 Å². The molecule has 0 aliphatic carbocycles. The van der Waals surface area contributed by atoms with E-state index < -0.39 is 0 Å². The van der Waals surface area contributed by atoms with E-state index >= 15 is 0 Å². The van der Waals surface area contributed by atoms with Crippen LogP contribution in [0.3, 0.4) is 0 Å². The first-order chi connectivity index (χ1) is 9.07. The average molecular weight is 267 g/mol. The zero-order valence-electron chi connectivity index (χ0n) is 13.6. The summed E-state index contributed by atoms with van der Waals surface area (Å²) in [5.74, 6) is 0.764. The van der Waals surface area contributed by atoms with E-state index in [0.717, 1.165) is 44.8 Å². The molecule has 1 N–H and O–H groups in total. The van der Waals surface area contributed by atoms with Crippen LogP contribution in [0.25, 0.3) is 0 Å². The van der Waals surface area contributed by atoms with Gasteiger partial charge in [0, 0.05) is 6.54 Å². The molecule has 0 aliphatic rings. The standard InChI is InChI=1S/C16H33N3/c1-6-15(5)13-19(9-4)12-10-11-16(7-2,14-17)18-8-3/h15,18H,6-13H2,1-5H3. The fourth-order valence-electron chi connectivity index (χ4n) is 2.46. The highest BCUT2D eigenvalue weighted by atomic mass is 15.1. The van der Waals surface area contributed by atoms with E-state index in [2.05, 4.69) is 50.9 Å². The van der Waals surface area contributed by atoms with Crippen LogP contribution in [-0.2, 0) is 0 Å². The molecular weight excluding hydrogens is 234 g/mol. The maximum atomic E-state index is 9.39. The molecule has 112 valence electrons. The summed E-state index contributed by atoms with van der Waals surface area (Å²) < 4.78 is 0. The van der Waals surface area contributed by atoms with Crippen molar-refractivity contribution in [1.29, 1.82) is 5.26 Å². The zero-order valence-corrected chi connectivity index (χ0v) is 13.6. The van der Waals surface area contributed by atoms with Crippen LogP contribution in [0.5, 0.6) is 0 Å². The molecule has 0 aliphatic heterocycles. The third-order valence-corrected chi connectivity index (χ3v) is 4.12. The van der Waals surface area contributed by atoms with Gasteiger partial charge in [-0.15, -0.1) is 0 Å². The van der Waals surface area contributed by atoms with Crippen molar-refractivity contribution in [2.75, 3.05) is 26.2 Å². The maximum absolute atomic E-state index is 9.39. The van der Waals surface area contributed by atoms with Gasteiger partial charge in [0.05, 0.1) is 6.07 Å². The Morgan fingerprint density at radius 3 is 2.37 bits per heavy atom. The van der Waals surface area contributed by atoms with Gasteiger partial charge in [0.1, 0.15) is 5.54 Å². The molecule has 0 saturated carbocycles. The molecule has 0 saturated heterocycles. The molecule has 0 bridgehead atoms. The summed E-state index contributed by atoms with van der Waals surface area (Å²) in [7, 11) is 0. The van der Waals surface area contributed by atoms with Crippen LogP contribution < -0.4 is 5.32 Å². The molecule has 0 aromatic carbocycles. The van der Waals surface area contributed by atoms with Gasteiger partial charge in [-0.25, -0.2) is 0 Å². The van der Waals surface area contributed by atoms with Crippen molar-refractivity contribution in [3.05, 3.63) is 0 Å². The molecule has 3 nitrogen and oxygen atoms in total. The second-order valence-corrected chi connectivity index (χ2v) is 5.59. The Balaban J connectivity index is 4.19. The minimum Gasteiger partial charge on any atom is -0.303 e. The van der Waals surface area contributed by atoms with Gasteiger partial charge in [0.25, 0.3) is 0 Å². The molecule has 0 radical (unpaired) electrons. The highest BCUT2D eigenvalue weighted by molar-refractivity contribution is 5.05. The summed E-state index contributed by atoms with van der Waals surface area (Å²) in [5, 5.41) is 12.7. The van der Waals surface area contributed by atoms with E-state index in [4.69, 9.17) is 0 Å². The van der Waals surface area contributed by atoms with Crippen LogP contribution in [-0.4, -0.2) is 36.6 Å². The molecule has 0 heterocycles. The van der Waals surface area contributed by atoms with E-state index in [1.807, 2.05) is 0 Å². The SMILES string of the molecule is CCNC(C#N)(CC)CCCN(CC)CC(C)CC. The van der Waals surface area contributed by atoms with E-state index in [1.54, 1.807) is 0 Å². The molecule has 0 rings (SSSR count). The Labute approximate surface area is 120 Å². The highest BCUT2D eigenvalue weighted by Gasteiger charge is 2.26. The molecule has 0 spiro atoms. The van der Waals surface area contributed by atoms with Crippen LogP contribution in [0, 0.1) is 17.2 Å². The van der Waals surface area contributed by atoms with Crippen molar-refractivity contribution >= 4 is 0 Å². The Bertz CT molecular complexity index is 259. The first kappa shape index (κ1) is 18.4. The number of nitrogens with zero attached hydrogens (tertiary/aromatic N) is 2. The third kappa shape index (κ3) is 6.94. The Hall–Kier alpha value is -0.590. The molecule has 0 fully saturated rings. The van der Waals surface area contributed by atoms with E-state index in [1.165, 1.54) is 13.0 Å². The van der Waals surface area contributed by atoms with E-state index in [0.29, 0.717) is 0 Å². The van der Waals surface area contributed by atoms with Crippen LogP contribution in [0.15, 0.2) is 0 Å². The van der Waals surface area contributed by atoms with Gasteiger partial charge in [-0.05, 0) is 44.8 Å². The van der Waals surface area contributed by atoms with Crippen molar-refractivity contribution in [3.63, 3.8) is 0 Å². The number of hydrogen-bond acceptors (Lipinski definition) is 3. The van der Waals surface area contributed by atoms with Crippen LogP contribution in [0.2, 0.25) is 0 Å². The van der Waals surface area contributed by atoms with Gasteiger partial charge >= 0.3 is 0 Å². The average Bonchev–Trinajstić information content (AvgIpc) is 2.44. The van der Waals surface area contributed by atoms with Crippen molar-refractivity contribution in [1.82, 2.24) is 10.2 Å². The fourth-order valence-corrected chi connectivity index (χ4v) is 2.46. The first-order valence-electron chi connectivity index (χ1n) is 7.96. The Morgan fingerprint density at radius 2 is 1.95 bits per heavy atom. The molecule has 2 unspecified atom stereocenters. The zero-order chi connectivity index (χ0) is 14.7. The normalized spacial score (nSPS) is 16.1. The van der Waals surface area contributed by atoms with Crippen molar-refractivity contribution in [2.45, 2.75) is 65.8 Å². The maximum Gasteiger partial charge on any atom is 0.106 e. The first-order valence-corrected chi connectivity index (χ1v) is 7.96. The molecule has 19 heavy (non-hydrogen) atoms. The van der Waals surface area contributed by atoms with Gasteiger partial charge in [0.2, 0.25) is 0 Å². The Morgan fingerprint density at radius 1 is 1.26 bits per heavy atom. The van der Waals surface area contributed by atoms with Crippen molar-refractivity contribution < 1.29 is 0 Å². The number of hydrogen-bond donors (Lipinski definition) is 1. The molecule has 2 atom stereocenters. The quantitative estimate of drug-likeness (QED) is 0.623. The fraction of sp³-hybridized carbons (Fsp3) is 0.938. The summed E-state index contributed by atoms with van der Waals surface area (Å²) in [5.41, 5.74) is -0.315. The summed E-state index contributed by atoms with van der Waals surface area (Å²) in [4.78, 5) is 2.51. The van der Waals surface area contributed by atoms with Crippen LogP contribution >= 0.6 is 0 Å². The molecule has 0 aromatic heterocycles. The number of rotatable bonds is 11. The van der Waals surface area contributed by atoms with Gasteiger partial charge in [-0.1, -0.05) is 41.0 Å². The third-order valence-electron chi connectivity index (χ3n) is 4.12. The molecule has 0 amide bonds. The monoisotopic (exact) mass is 267 g/mol. The van der Waals surface area contributed by atoms with E-state index in [9.17, 15) is 5.26 Å². The van der Waals surface area contributed by atoms with Gasteiger partial charge in [-0.2, -0.15) is 5.26 Å². The highest BCUT2D eigenvalue weighted by Crippen LogP contribution is 2.17. The lowest BCUT2D eigenvalue weighted by atomic mass is 9.91. The summed E-state index contributed by atoms with van der Waals surface area (Å²) in [6.45, 7) is 15.2. The topological polar surface area (TPSA) is 39.1 Å². The second kappa shape index (κ2) is 10.2. The predicted molar refractivity (Wildman–Crippen MR) is 83.1 cm³/mol. The lowest BCUT2D eigenvalue weighted by Gasteiger charge is -2.28. The largest absolute Gasteiger partial charge is 0.303 e. The summed E-state index contributed by atoms with van der Waals surface area (Å²) in [6.07, 6.45) is 4.17. The molecule has 3 heteroatoms. The summed E-state index contributed by atoms with van der Waals surface area (Å²) >= 11 is 0. The van der Waals surface area contributed by atoms with Gasteiger partial charge in [-0.3, -0.25) is 5.32 Å². The summed E-state index contributed by atoms with van der Waals surface area (Å²) in [6, 6.07) is 2.48. The Kier molecular flexibility index (Phi) is 9.91. The lowest BCUT2D eigenvalue weighted by Crippen LogP contribution is -2.44. The smallest absolute Gasteiger partial charge is 0.106 e. The van der Waals surface area contributed by atoms with Crippen molar-refractivity contribution in [3.8, 4) is 6.07 Å². The predicted octanol–water partition coefficient (Wildman–Crippen LogP) is 3.42. The second-order valence-electron chi connectivity index (χ2n) is 5.59. The number of nitrogens with one attached hydrogen (secondary N) is 1.